The molecule has 1 N–H and O–H groups in total. The van der Waals surface area contributed by atoms with Gasteiger partial charge in [-0.2, -0.15) is 0 Å². The van der Waals surface area contributed by atoms with Gasteiger partial charge in [-0.25, -0.2) is 0 Å². The Balaban J connectivity index is 2.15. The molecule has 2 rings (SSSR count). The van der Waals surface area contributed by atoms with Crippen molar-refractivity contribution in [3.05, 3.63) is 33.4 Å². The first-order valence-corrected chi connectivity index (χ1v) is 7.59. The predicted molar refractivity (Wildman–Crippen MR) is 81.3 cm³/mol. The van der Waals surface area contributed by atoms with Gasteiger partial charge in [0.05, 0.1) is 0 Å². The number of benzene rings is 1. The molecule has 0 radical (unpaired) electrons. The van der Waals surface area contributed by atoms with Gasteiger partial charge in [-0.3, -0.25) is 4.90 Å². The van der Waals surface area contributed by atoms with Gasteiger partial charge < -0.3 is 5.32 Å². The summed E-state index contributed by atoms with van der Waals surface area (Å²) >= 11 is 2.41. The van der Waals surface area contributed by atoms with Crippen LogP contribution >= 0.6 is 22.6 Å². The van der Waals surface area contributed by atoms with Crippen molar-refractivity contribution >= 4 is 22.6 Å². The smallest absolute Gasteiger partial charge is 0.0349 e. The second-order valence-electron chi connectivity index (χ2n) is 4.65. The van der Waals surface area contributed by atoms with E-state index >= 15 is 0 Å². The highest BCUT2D eigenvalue weighted by molar-refractivity contribution is 14.1. The van der Waals surface area contributed by atoms with E-state index in [0.29, 0.717) is 6.04 Å². The number of hydrogen-bond acceptors (Lipinski definition) is 2. The molecule has 94 valence electrons. The minimum absolute atomic E-state index is 0.608. The van der Waals surface area contributed by atoms with Crippen LogP contribution in [0.1, 0.15) is 31.4 Å². The van der Waals surface area contributed by atoms with Crippen molar-refractivity contribution in [1.29, 1.82) is 0 Å². The monoisotopic (exact) mass is 344 g/mol. The molecule has 0 aromatic heterocycles. The van der Waals surface area contributed by atoms with E-state index in [4.69, 9.17) is 0 Å². The van der Waals surface area contributed by atoms with Gasteiger partial charge in [0, 0.05) is 35.8 Å². The molecule has 0 unspecified atom stereocenters. The quantitative estimate of drug-likeness (QED) is 0.845. The van der Waals surface area contributed by atoms with E-state index in [1.54, 1.807) is 0 Å². The summed E-state index contributed by atoms with van der Waals surface area (Å²) in [6.45, 7) is 6.89. The third-order valence-corrected chi connectivity index (χ3v) is 4.06. The topological polar surface area (TPSA) is 15.3 Å². The zero-order valence-electron chi connectivity index (χ0n) is 10.5. The van der Waals surface area contributed by atoms with Crippen molar-refractivity contribution in [3.8, 4) is 0 Å². The molecule has 1 aromatic rings. The van der Waals surface area contributed by atoms with Gasteiger partial charge in [0.2, 0.25) is 0 Å². The molecular weight excluding hydrogens is 323 g/mol. The molecule has 1 heterocycles. The number of halogens is 1. The lowest BCUT2D eigenvalue weighted by atomic mass is 10.00. The Labute approximate surface area is 118 Å². The molecule has 3 heteroatoms. The van der Waals surface area contributed by atoms with E-state index in [-0.39, 0.29) is 0 Å². The highest BCUT2D eigenvalue weighted by Gasteiger charge is 2.21. The van der Waals surface area contributed by atoms with Crippen LogP contribution in [0.5, 0.6) is 0 Å². The molecule has 2 nitrogen and oxygen atoms in total. The standard InChI is InChI=1S/C14H21IN2/c1-2-4-14(17-9-7-16-8-10-17)12-5-3-6-13(15)11-12/h3,5-6,11,14,16H,2,4,7-10H2,1H3/t14-/m0/s1. The largest absolute Gasteiger partial charge is 0.314 e. The van der Waals surface area contributed by atoms with Crippen molar-refractivity contribution < 1.29 is 0 Å². The van der Waals surface area contributed by atoms with Crippen LogP contribution in [0.3, 0.4) is 0 Å². The van der Waals surface area contributed by atoms with Gasteiger partial charge in [-0.15, -0.1) is 0 Å². The normalized spacial score (nSPS) is 19.2. The molecule has 1 fully saturated rings. The summed E-state index contributed by atoms with van der Waals surface area (Å²) in [5.41, 5.74) is 1.49. The zero-order valence-corrected chi connectivity index (χ0v) is 12.6. The Hall–Kier alpha value is -0.130. The lowest BCUT2D eigenvalue weighted by Gasteiger charge is -2.35. The van der Waals surface area contributed by atoms with Gasteiger partial charge >= 0.3 is 0 Å². The van der Waals surface area contributed by atoms with Gasteiger partial charge in [0.25, 0.3) is 0 Å². The molecule has 0 spiro atoms. The summed E-state index contributed by atoms with van der Waals surface area (Å²) in [6, 6.07) is 9.58. The third-order valence-electron chi connectivity index (χ3n) is 3.39. The van der Waals surface area contributed by atoms with E-state index in [9.17, 15) is 0 Å². The summed E-state index contributed by atoms with van der Waals surface area (Å²) in [6.07, 6.45) is 2.51. The Kier molecular flexibility index (Phi) is 5.25. The van der Waals surface area contributed by atoms with Crippen molar-refractivity contribution in [3.63, 3.8) is 0 Å². The Bertz CT molecular complexity index is 348. The van der Waals surface area contributed by atoms with Crippen molar-refractivity contribution in [2.45, 2.75) is 25.8 Å². The Morgan fingerprint density at radius 3 is 2.76 bits per heavy atom. The van der Waals surface area contributed by atoms with E-state index in [0.717, 1.165) is 13.1 Å². The van der Waals surface area contributed by atoms with Crippen LogP contribution < -0.4 is 5.32 Å². The highest BCUT2D eigenvalue weighted by Crippen LogP contribution is 2.26. The van der Waals surface area contributed by atoms with Crippen molar-refractivity contribution in [1.82, 2.24) is 10.2 Å². The molecule has 0 amide bonds. The summed E-state index contributed by atoms with van der Waals surface area (Å²) < 4.78 is 1.34. The van der Waals surface area contributed by atoms with Crippen LogP contribution in [0.15, 0.2) is 24.3 Å². The number of nitrogens with zero attached hydrogens (tertiary/aromatic N) is 1. The van der Waals surface area contributed by atoms with Gasteiger partial charge in [-0.05, 0) is 46.7 Å². The maximum Gasteiger partial charge on any atom is 0.0349 e. The first-order valence-electron chi connectivity index (χ1n) is 6.51. The highest BCUT2D eigenvalue weighted by atomic mass is 127. The molecule has 1 aromatic carbocycles. The lowest BCUT2D eigenvalue weighted by molar-refractivity contribution is 0.164. The van der Waals surface area contributed by atoms with Gasteiger partial charge in [0.15, 0.2) is 0 Å². The summed E-state index contributed by atoms with van der Waals surface area (Å²) in [7, 11) is 0. The summed E-state index contributed by atoms with van der Waals surface area (Å²) in [4.78, 5) is 2.63. The zero-order chi connectivity index (χ0) is 12.1. The first-order chi connectivity index (χ1) is 8.31. The molecule has 1 saturated heterocycles. The van der Waals surface area contributed by atoms with Crippen LogP contribution in [0.25, 0.3) is 0 Å². The summed E-state index contributed by atoms with van der Waals surface area (Å²) in [5, 5.41) is 3.43. The molecular formula is C14H21IN2. The second-order valence-corrected chi connectivity index (χ2v) is 5.89. The van der Waals surface area contributed by atoms with Gasteiger partial charge in [-0.1, -0.05) is 25.5 Å². The van der Waals surface area contributed by atoms with Crippen LogP contribution in [0.4, 0.5) is 0 Å². The van der Waals surface area contributed by atoms with Crippen molar-refractivity contribution in [2.24, 2.45) is 0 Å². The maximum absolute atomic E-state index is 3.43. The van der Waals surface area contributed by atoms with Crippen molar-refractivity contribution in [2.75, 3.05) is 26.2 Å². The summed E-state index contributed by atoms with van der Waals surface area (Å²) in [5.74, 6) is 0. The number of piperazine rings is 1. The molecule has 1 aliphatic rings. The molecule has 0 bridgehead atoms. The number of nitrogens with one attached hydrogen (secondary N) is 1. The number of hydrogen-bond donors (Lipinski definition) is 1. The fourth-order valence-corrected chi connectivity index (χ4v) is 3.11. The second kappa shape index (κ2) is 6.71. The number of rotatable bonds is 4. The van der Waals surface area contributed by atoms with Crippen LogP contribution in [0.2, 0.25) is 0 Å². The minimum Gasteiger partial charge on any atom is -0.314 e. The minimum atomic E-state index is 0.608. The first kappa shape index (κ1) is 13.3. The molecule has 1 aliphatic heterocycles. The Morgan fingerprint density at radius 1 is 1.35 bits per heavy atom. The van der Waals surface area contributed by atoms with E-state index in [2.05, 4.69) is 64.0 Å². The van der Waals surface area contributed by atoms with E-state index < -0.39 is 0 Å². The molecule has 17 heavy (non-hydrogen) atoms. The molecule has 0 saturated carbocycles. The lowest BCUT2D eigenvalue weighted by Crippen LogP contribution is -2.45. The average molecular weight is 344 g/mol. The van der Waals surface area contributed by atoms with Gasteiger partial charge in [0.1, 0.15) is 0 Å². The third kappa shape index (κ3) is 3.66. The van der Waals surface area contributed by atoms with Crippen LogP contribution in [-0.4, -0.2) is 31.1 Å². The fourth-order valence-electron chi connectivity index (χ4n) is 2.54. The fraction of sp³-hybridized carbons (Fsp3) is 0.571. The maximum atomic E-state index is 3.43. The average Bonchev–Trinajstić information content (AvgIpc) is 2.37. The predicted octanol–water partition coefficient (Wildman–Crippen LogP) is 3.04. The van der Waals surface area contributed by atoms with E-state index in [1.807, 2.05) is 0 Å². The SMILES string of the molecule is CCC[C@@H](c1cccc(I)c1)N1CCNCC1. The van der Waals surface area contributed by atoms with E-state index in [1.165, 1.54) is 35.1 Å². The van der Waals surface area contributed by atoms with Crippen LogP contribution in [-0.2, 0) is 0 Å². The molecule has 0 aliphatic carbocycles. The van der Waals surface area contributed by atoms with Crippen LogP contribution in [0, 0.1) is 3.57 Å². The Morgan fingerprint density at radius 2 is 2.12 bits per heavy atom. The molecule has 1 atom stereocenters.